The lowest BCUT2D eigenvalue weighted by Crippen LogP contribution is -2.59. The van der Waals surface area contributed by atoms with E-state index in [2.05, 4.69) is 5.32 Å². The van der Waals surface area contributed by atoms with E-state index in [1.807, 2.05) is 19.9 Å². The number of hydrogen-bond acceptors (Lipinski definition) is 5. The van der Waals surface area contributed by atoms with Crippen molar-refractivity contribution in [3.05, 3.63) is 0 Å². The second-order valence-electron chi connectivity index (χ2n) is 5.04. The molecule has 3 unspecified atom stereocenters. The van der Waals surface area contributed by atoms with Crippen LogP contribution in [0.2, 0.25) is 0 Å². The molecule has 2 rings (SSSR count). The summed E-state index contributed by atoms with van der Waals surface area (Å²) in [5.74, 6) is 0. The van der Waals surface area contributed by atoms with Crippen LogP contribution >= 0.6 is 0 Å². The largest absolute Gasteiger partial charge is 0.373 e. The van der Waals surface area contributed by atoms with Crippen LogP contribution in [0.3, 0.4) is 0 Å². The van der Waals surface area contributed by atoms with Gasteiger partial charge in [0.2, 0.25) is 0 Å². The average molecular weight is 288 g/mol. The van der Waals surface area contributed by atoms with Gasteiger partial charge >= 0.3 is 0 Å². The van der Waals surface area contributed by atoms with Crippen molar-refractivity contribution in [3.63, 3.8) is 0 Å². The van der Waals surface area contributed by atoms with E-state index in [1.54, 1.807) is 0 Å². The minimum atomic E-state index is -3.59. The molecule has 0 aliphatic carbocycles. The van der Waals surface area contributed by atoms with E-state index in [9.17, 15) is 8.42 Å². The van der Waals surface area contributed by atoms with Crippen LogP contribution in [0.1, 0.15) is 13.8 Å². The molecule has 1 N–H and O–H groups in total. The van der Waals surface area contributed by atoms with Crippen molar-refractivity contribution in [2.24, 2.45) is 0 Å². The van der Waals surface area contributed by atoms with Gasteiger partial charge in [-0.05, 0) is 13.8 Å². The fourth-order valence-electron chi connectivity index (χ4n) is 2.54. The molecule has 0 aromatic rings. The van der Waals surface area contributed by atoms with Crippen molar-refractivity contribution in [1.82, 2.24) is 13.9 Å². The molecule has 2 aliphatic rings. The van der Waals surface area contributed by atoms with Crippen LogP contribution in [0.15, 0.2) is 0 Å². The zero-order chi connectivity index (χ0) is 14.0. The molecule has 2 heterocycles. The second-order valence-corrected chi connectivity index (χ2v) is 6.92. The van der Waals surface area contributed by atoms with Crippen LogP contribution in [0.4, 0.5) is 0 Å². The van der Waals surface area contributed by atoms with E-state index in [0.717, 1.165) is 0 Å². The third-order valence-electron chi connectivity index (χ3n) is 3.35. The summed E-state index contributed by atoms with van der Waals surface area (Å²) in [6, 6.07) is 1.42. The quantitative estimate of drug-likeness (QED) is 0.714. The fraction of sp³-hybridized carbons (Fsp3) is 0.909. The van der Waals surface area contributed by atoms with Gasteiger partial charge in [-0.1, -0.05) is 0 Å². The first-order valence-electron chi connectivity index (χ1n) is 6.48. The Bertz CT molecular complexity index is 451. The summed E-state index contributed by atoms with van der Waals surface area (Å²) >= 11 is 0. The summed E-state index contributed by atoms with van der Waals surface area (Å²) in [6.45, 7) is 5.69. The lowest BCUT2D eigenvalue weighted by Gasteiger charge is -2.39. The van der Waals surface area contributed by atoms with Gasteiger partial charge in [-0.3, -0.25) is 0 Å². The van der Waals surface area contributed by atoms with Crippen molar-refractivity contribution >= 4 is 10.2 Å². The number of hydrogen-bond donors (Lipinski definition) is 1. The van der Waals surface area contributed by atoms with E-state index in [0.29, 0.717) is 32.7 Å². The zero-order valence-electron chi connectivity index (χ0n) is 11.2. The molecule has 3 atom stereocenters. The summed E-state index contributed by atoms with van der Waals surface area (Å²) in [5, 5.41) is 12.1. The van der Waals surface area contributed by atoms with Gasteiger partial charge in [0.1, 0.15) is 6.04 Å². The summed E-state index contributed by atoms with van der Waals surface area (Å²) in [4.78, 5) is 0. The van der Waals surface area contributed by atoms with Crippen LogP contribution < -0.4 is 5.32 Å². The number of nitrogens with zero attached hydrogens (tertiary/aromatic N) is 3. The second kappa shape index (κ2) is 5.73. The summed E-state index contributed by atoms with van der Waals surface area (Å²) in [5.41, 5.74) is 0. The molecule has 0 amide bonds. The summed E-state index contributed by atoms with van der Waals surface area (Å²) < 4.78 is 33.5. The molecule has 2 saturated heterocycles. The average Bonchev–Trinajstić information content (AvgIpc) is 2.37. The monoisotopic (exact) mass is 288 g/mol. The fourth-order valence-corrected chi connectivity index (χ4v) is 4.40. The Morgan fingerprint density at radius 2 is 1.95 bits per heavy atom. The van der Waals surface area contributed by atoms with Gasteiger partial charge in [-0.15, -0.1) is 0 Å². The molecule has 108 valence electrons. The van der Waals surface area contributed by atoms with E-state index in [4.69, 9.17) is 10.00 Å². The highest BCUT2D eigenvalue weighted by molar-refractivity contribution is 7.86. The van der Waals surface area contributed by atoms with E-state index < -0.39 is 16.3 Å². The van der Waals surface area contributed by atoms with Gasteiger partial charge in [-0.25, -0.2) is 0 Å². The van der Waals surface area contributed by atoms with Crippen molar-refractivity contribution in [1.29, 1.82) is 5.26 Å². The number of ether oxygens (including phenoxy) is 1. The highest BCUT2D eigenvalue weighted by Crippen LogP contribution is 2.19. The van der Waals surface area contributed by atoms with Crippen LogP contribution in [0, 0.1) is 11.3 Å². The summed E-state index contributed by atoms with van der Waals surface area (Å²) in [7, 11) is -3.59. The molecule has 0 spiro atoms. The third kappa shape index (κ3) is 3.07. The number of rotatable bonds is 2. The van der Waals surface area contributed by atoms with Gasteiger partial charge in [0.15, 0.2) is 0 Å². The van der Waals surface area contributed by atoms with E-state index in [-0.39, 0.29) is 12.2 Å². The molecule has 0 saturated carbocycles. The molecule has 8 heteroatoms. The molecule has 0 aromatic heterocycles. The van der Waals surface area contributed by atoms with Gasteiger partial charge in [0.25, 0.3) is 10.2 Å². The first-order chi connectivity index (χ1) is 8.95. The Balaban J connectivity index is 2.19. The molecule has 0 bridgehead atoms. The lowest BCUT2D eigenvalue weighted by atomic mass is 10.3. The van der Waals surface area contributed by atoms with E-state index in [1.165, 1.54) is 8.61 Å². The highest BCUT2D eigenvalue weighted by atomic mass is 32.2. The minimum Gasteiger partial charge on any atom is -0.373 e. The number of piperazine rings is 1. The predicted octanol–water partition coefficient (Wildman–Crippen LogP) is -0.862. The summed E-state index contributed by atoms with van der Waals surface area (Å²) in [6.07, 6.45) is -0.246. The maximum absolute atomic E-state index is 12.6. The van der Waals surface area contributed by atoms with Crippen LogP contribution in [0.25, 0.3) is 0 Å². The highest BCUT2D eigenvalue weighted by Gasteiger charge is 2.39. The van der Waals surface area contributed by atoms with Crippen molar-refractivity contribution in [2.75, 3.05) is 32.7 Å². The molecule has 7 nitrogen and oxygen atoms in total. The molecule has 0 radical (unpaired) electrons. The van der Waals surface area contributed by atoms with Gasteiger partial charge in [0.05, 0.1) is 18.3 Å². The first-order valence-corrected chi connectivity index (χ1v) is 7.87. The standard InChI is InChI=1S/C11H20N4O3S/c1-9-7-14(8-10(2)18-9)19(16,17)15-4-3-13-6-11(15)5-12/h9-11,13H,3-4,6-8H2,1-2H3. The lowest BCUT2D eigenvalue weighted by molar-refractivity contribution is -0.0457. The van der Waals surface area contributed by atoms with Gasteiger partial charge < -0.3 is 10.1 Å². The molecule has 2 aliphatic heterocycles. The maximum atomic E-state index is 12.6. The van der Waals surface area contributed by atoms with Crippen molar-refractivity contribution in [2.45, 2.75) is 32.1 Å². The maximum Gasteiger partial charge on any atom is 0.283 e. The molecule has 19 heavy (non-hydrogen) atoms. The smallest absolute Gasteiger partial charge is 0.283 e. The topological polar surface area (TPSA) is 85.7 Å². The Morgan fingerprint density at radius 1 is 1.32 bits per heavy atom. The predicted molar refractivity (Wildman–Crippen MR) is 69.5 cm³/mol. The SMILES string of the molecule is CC1CN(S(=O)(=O)N2CCNCC2C#N)CC(C)O1. The molecular weight excluding hydrogens is 268 g/mol. The van der Waals surface area contributed by atoms with Crippen molar-refractivity contribution in [3.8, 4) is 6.07 Å². The molecule has 2 fully saturated rings. The Labute approximate surface area is 114 Å². The van der Waals surface area contributed by atoms with Crippen LogP contribution in [-0.4, -0.2) is 68.0 Å². The van der Waals surface area contributed by atoms with Crippen LogP contribution in [0.5, 0.6) is 0 Å². The Hall–Kier alpha value is -0.720. The number of morpholine rings is 1. The van der Waals surface area contributed by atoms with Crippen LogP contribution in [-0.2, 0) is 14.9 Å². The van der Waals surface area contributed by atoms with Gasteiger partial charge in [0, 0.05) is 32.7 Å². The minimum absolute atomic E-state index is 0.123. The van der Waals surface area contributed by atoms with Gasteiger partial charge in [-0.2, -0.15) is 22.3 Å². The molecular formula is C11H20N4O3S. The molecule has 0 aromatic carbocycles. The number of nitriles is 1. The van der Waals surface area contributed by atoms with E-state index >= 15 is 0 Å². The first kappa shape index (κ1) is 14.7. The Kier molecular flexibility index (Phi) is 4.43. The Morgan fingerprint density at radius 3 is 2.53 bits per heavy atom. The normalized spacial score (nSPS) is 34.9. The van der Waals surface area contributed by atoms with Crippen molar-refractivity contribution < 1.29 is 13.2 Å². The number of nitrogens with one attached hydrogen (secondary N) is 1. The third-order valence-corrected chi connectivity index (χ3v) is 5.33. The zero-order valence-corrected chi connectivity index (χ0v) is 12.1.